The molecule has 1 fully saturated rings. The molecule has 0 aromatic heterocycles. The molecule has 35 heavy (non-hydrogen) atoms. The van der Waals surface area contributed by atoms with E-state index in [2.05, 4.69) is 51.6 Å². The third-order valence-corrected chi connectivity index (χ3v) is 6.24. The average molecular weight is 480 g/mol. The number of non-ortho nitro benzene ring substituents is 1. The molecule has 0 saturated carbocycles. The van der Waals surface area contributed by atoms with Gasteiger partial charge >= 0.3 is 12.0 Å². The second-order valence-corrected chi connectivity index (χ2v) is 8.59. The monoisotopic (exact) mass is 479 g/mol. The number of amides is 2. The molecule has 1 saturated heterocycles. The SMILES string of the molecule is CCOC(=O)C1=C(CN2CCN(c3ccc(C)cc3)CC2)NC(=O)NC1c1ccc([N+](=O)[O-])cc1. The maximum atomic E-state index is 13.0. The Morgan fingerprint density at radius 2 is 1.74 bits per heavy atom. The van der Waals surface area contributed by atoms with E-state index in [1.54, 1.807) is 19.1 Å². The van der Waals surface area contributed by atoms with Crippen LogP contribution in [0.3, 0.4) is 0 Å². The second kappa shape index (κ2) is 10.6. The number of nitrogens with one attached hydrogen (secondary N) is 2. The van der Waals surface area contributed by atoms with Gasteiger partial charge in [0.25, 0.3) is 5.69 Å². The van der Waals surface area contributed by atoms with Crippen molar-refractivity contribution in [1.29, 1.82) is 0 Å². The van der Waals surface area contributed by atoms with Crippen LogP contribution in [0.4, 0.5) is 16.2 Å². The van der Waals surface area contributed by atoms with E-state index in [0.717, 1.165) is 26.2 Å². The van der Waals surface area contributed by atoms with Crippen LogP contribution in [0.1, 0.15) is 24.1 Å². The number of esters is 1. The number of nitro groups is 1. The van der Waals surface area contributed by atoms with Gasteiger partial charge in [0, 0.05) is 56.2 Å². The molecule has 10 nitrogen and oxygen atoms in total. The van der Waals surface area contributed by atoms with Crippen LogP contribution < -0.4 is 15.5 Å². The first-order valence-electron chi connectivity index (χ1n) is 11.6. The van der Waals surface area contributed by atoms with E-state index in [1.807, 2.05) is 0 Å². The number of urea groups is 1. The molecule has 2 aromatic carbocycles. The lowest BCUT2D eigenvalue weighted by molar-refractivity contribution is -0.384. The summed E-state index contributed by atoms with van der Waals surface area (Å²) in [5, 5.41) is 16.6. The van der Waals surface area contributed by atoms with Crippen molar-refractivity contribution in [1.82, 2.24) is 15.5 Å². The lowest BCUT2D eigenvalue weighted by atomic mass is 9.94. The van der Waals surface area contributed by atoms with Gasteiger partial charge in [-0.05, 0) is 43.7 Å². The summed E-state index contributed by atoms with van der Waals surface area (Å²) in [6.45, 7) is 7.52. The number of anilines is 1. The van der Waals surface area contributed by atoms with Gasteiger partial charge in [-0.25, -0.2) is 9.59 Å². The van der Waals surface area contributed by atoms with Gasteiger partial charge < -0.3 is 20.3 Å². The summed E-state index contributed by atoms with van der Waals surface area (Å²) in [6.07, 6.45) is 0. The van der Waals surface area contributed by atoms with Crippen LogP contribution in [-0.4, -0.2) is 61.2 Å². The highest BCUT2D eigenvalue weighted by molar-refractivity contribution is 5.95. The van der Waals surface area contributed by atoms with Crippen molar-refractivity contribution in [3.05, 3.63) is 81.0 Å². The molecule has 184 valence electrons. The number of ether oxygens (including phenoxy) is 1. The number of piperazine rings is 1. The van der Waals surface area contributed by atoms with Crippen LogP contribution in [0.25, 0.3) is 0 Å². The first kappa shape index (κ1) is 24.2. The van der Waals surface area contributed by atoms with Gasteiger partial charge in [0.15, 0.2) is 0 Å². The van der Waals surface area contributed by atoms with Crippen LogP contribution >= 0.6 is 0 Å². The summed E-state index contributed by atoms with van der Waals surface area (Å²) in [4.78, 5) is 40.5. The van der Waals surface area contributed by atoms with E-state index >= 15 is 0 Å². The van der Waals surface area contributed by atoms with Crippen molar-refractivity contribution < 1.29 is 19.2 Å². The molecule has 0 spiro atoms. The zero-order chi connectivity index (χ0) is 24.9. The fraction of sp³-hybridized carbons (Fsp3) is 0.360. The first-order valence-corrected chi connectivity index (χ1v) is 11.6. The Labute approximate surface area is 203 Å². The fourth-order valence-corrected chi connectivity index (χ4v) is 4.37. The van der Waals surface area contributed by atoms with Crippen LogP contribution in [-0.2, 0) is 9.53 Å². The molecular formula is C25H29N5O5. The van der Waals surface area contributed by atoms with Crippen molar-refractivity contribution in [2.24, 2.45) is 0 Å². The summed E-state index contributed by atoms with van der Waals surface area (Å²) >= 11 is 0. The number of hydrogen-bond acceptors (Lipinski definition) is 7. The van der Waals surface area contributed by atoms with E-state index < -0.39 is 23.0 Å². The van der Waals surface area contributed by atoms with E-state index in [4.69, 9.17) is 4.74 Å². The third kappa shape index (κ3) is 5.60. The molecule has 2 heterocycles. The highest BCUT2D eigenvalue weighted by Crippen LogP contribution is 2.29. The lowest BCUT2D eigenvalue weighted by Gasteiger charge is -2.38. The summed E-state index contributed by atoms with van der Waals surface area (Å²) in [5.74, 6) is -0.531. The van der Waals surface area contributed by atoms with Crippen molar-refractivity contribution in [3.8, 4) is 0 Å². The molecule has 10 heteroatoms. The van der Waals surface area contributed by atoms with Gasteiger partial charge in [0.05, 0.1) is 23.1 Å². The number of aryl methyl sites for hydroxylation is 1. The standard InChI is InChI=1S/C25H29N5O5/c1-3-35-24(31)22-21(16-28-12-14-29(15-13-28)19-8-4-17(2)5-9-19)26-25(32)27-23(22)18-6-10-20(11-7-18)30(33)34/h4-11,23H,3,12-16H2,1-2H3,(H2,26,27,32). The molecule has 0 radical (unpaired) electrons. The van der Waals surface area contributed by atoms with Crippen LogP contribution in [0.5, 0.6) is 0 Å². The minimum atomic E-state index is -0.771. The maximum Gasteiger partial charge on any atom is 0.338 e. The molecule has 2 N–H and O–H groups in total. The molecule has 1 unspecified atom stereocenters. The average Bonchev–Trinajstić information content (AvgIpc) is 2.85. The molecule has 2 aliphatic rings. The van der Waals surface area contributed by atoms with Gasteiger partial charge in [0.1, 0.15) is 0 Å². The van der Waals surface area contributed by atoms with E-state index in [9.17, 15) is 19.7 Å². The summed E-state index contributed by atoms with van der Waals surface area (Å²) < 4.78 is 5.31. The number of hydrogen-bond donors (Lipinski definition) is 2. The Bertz CT molecular complexity index is 1120. The molecule has 2 amide bonds. The zero-order valence-corrected chi connectivity index (χ0v) is 19.8. The van der Waals surface area contributed by atoms with E-state index in [0.29, 0.717) is 23.4 Å². The molecule has 2 aliphatic heterocycles. The quantitative estimate of drug-likeness (QED) is 0.356. The smallest absolute Gasteiger partial charge is 0.338 e. The molecule has 0 bridgehead atoms. The number of nitrogens with zero attached hydrogens (tertiary/aromatic N) is 3. The Kier molecular flexibility index (Phi) is 7.31. The van der Waals surface area contributed by atoms with Crippen molar-refractivity contribution in [2.75, 3.05) is 44.2 Å². The third-order valence-electron chi connectivity index (χ3n) is 6.24. The largest absolute Gasteiger partial charge is 0.463 e. The molecule has 1 atom stereocenters. The molecular weight excluding hydrogens is 450 g/mol. The van der Waals surface area contributed by atoms with Gasteiger partial charge in [-0.15, -0.1) is 0 Å². The zero-order valence-electron chi connectivity index (χ0n) is 19.8. The Balaban J connectivity index is 1.55. The normalized spacial score (nSPS) is 18.6. The number of benzene rings is 2. The number of carbonyl (C=O) groups is 2. The predicted octanol–water partition coefficient (Wildman–Crippen LogP) is 2.90. The number of carbonyl (C=O) groups excluding carboxylic acids is 2. The van der Waals surface area contributed by atoms with Gasteiger partial charge in [-0.2, -0.15) is 0 Å². The summed E-state index contributed by atoms with van der Waals surface area (Å²) in [6, 6.07) is 13.0. The Morgan fingerprint density at radius 1 is 1.09 bits per heavy atom. The first-order chi connectivity index (χ1) is 16.9. The Morgan fingerprint density at radius 3 is 2.34 bits per heavy atom. The summed E-state index contributed by atoms with van der Waals surface area (Å²) in [5.41, 5.74) is 3.68. The van der Waals surface area contributed by atoms with Gasteiger partial charge in [0.2, 0.25) is 0 Å². The van der Waals surface area contributed by atoms with Crippen molar-refractivity contribution in [3.63, 3.8) is 0 Å². The van der Waals surface area contributed by atoms with Crippen molar-refractivity contribution in [2.45, 2.75) is 19.9 Å². The minimum absolute atomic E-state index is 0.0673. The van der Waals surface area contributed by atoms with E-state index in [1.165, 1.54) is 23.4 Å². The molecule has 0 aliphatic carbocycles. The van der Waals surface area contributed by atoms with Crippen LogP contribution in [0, 0.1) is 17.0 Å². The van der Waals surface area contributed by atoms with Crippen LogP contribution in [0.2, 0.25) is 0 Å². The van der Waals surface area contributed by atoms with Gasteiger partial charge in [-0.1, -0.05) is 17.7 Å². The van der Waals surface area contributed by atoms with Crippen molar-refractivity contribution >= 4 is 23.4 Å². The fourth-order valence-electron chi connectivity index (χ4n) is 4.37. The second-order valence-electron chi connectivity index (χ2n) is 8.59. The van der Waals surface area contributed by atoms with E-state index in [-0.39, 0.29) is 12.3 Å². The molecule has 2 aromatic rings. The van der Waals surface area contributed by atoms with Crippen LogP contribution in [0.15, 0.2) is 59.8 Å². The highest BCUT2D eigenvalue weighted by atomic mass is 16.6. The summed E-state index contributed by atoms with van der Waals surface area (Å²) in [7, 11) is 0. The minimum Gasteiger partial charge on any atom is -0.463 e. The lowest BCUT2D eigenvalue weighted by Crippen LogP contribution is -2.51. The Hall–Kier alpha value is -3.92. The number of rotatable bonds is 7. The number of nitro benzene ring substituents is 1. The maximum absolute atomic E-state index is 13.0. The predicted molar refractivity (Wildman–Crippen MR) is 131 cm³/mol. The topological polar surface area (TPSA) is 117 Å². The molecule has 4 rings (SSSR count). The van der Waals surface area contributed by atoms with Gasteiger partial charge in [-0.3, -0.25) is 15.0 Å². The highest BCUT2D eigenvalue weighted by Gasteiger charge is 2.35.